The Kier molecular flexibility index (Phi) is 4.96. The Balaban J connectivity index is 2.10. The van der Waals surface area contributed by atoms with E-state index < -0.39 is 0 Å². The smallest absolute Gasteiger partial charge is 0.121 e. The topological polar surface area (TPSA) is 21.3 Å². The lowest BCUT2D eigenvalue weighted by atomic mass is 10.1. The highest BCUT2D eigenvalue weighted by Gasteiger charge is 2.06. The van der Waals surface area contributed by atoms with Crippen molar-refractivity contribution in [1.29, 1.82) is 0 Å². The third-order valence-electron chi connectivity index (χ3n) is 3.39. The summed E-state index contributed by atoms with van der Waals surface area (Å²) in [6, 6.07) is 15.1. The monoisotopic (exact) mass is 287 g/mol. The van der Waals surface area contributed by atoms with Crippen LogP contribution in [0.4, 0.5) is 5.69 Å². The van der Waals surface area contributed by atoms with Crippen molar-refractivity contribution in [3.8, 4) is 5.75 Å². The largest absolute Gasteiger partial charge is 0.496 e. The van der Waals surface area contributed by atoms with Crippen molar-refractivity contribution in [3.63, 3.8) is 0 Å². The number of aryl methyl sites for hydroxylation is 1. The average molecular weight is 287 g/mol. The van der Waals surface area contributed by atoms with Crippen molar-refractivity contribution in [2.75, 3.05) is 18.7 Å². The predicted molar refractivity (Wildman–Crippen MR) is 88.0 cm³/mol. The number of rotatable bonds is 5. The minimum absolute atomic E-state index is 0.277. The molecule has 1 atom stereocenters. The van der Waals surface area contributed by atoms with E-state index in [1.807, 2.05) is 6.07 Å². The number of hydrogen-bond donors (Lipinski definition) is 1. The van der Waals surface area contributed by atoms with Crippen LogP contribution in [0.1, 0.15) is 24.1 Å². The van der Waals surface area contributed by atoms with Crippen LogP contribution in [0.2, 0.25) is 0 Å². The molecule has 0 saturated carbocycles. The van der Waals surface area contributed by atoms with Crippen molar-refractivity contribution in [3.05, 3.63) is 53.6 Å². The minimum atomic E-state index is 0.277. The van der Waals surface area contributed by atoms with Gasteiger partial charge in [-0.15, -0.1) is 11.8 Å². The van der Waals surface area contributed by atoms with Gasteiger partial charge in [0.25, 0.3) is 0 Å². The van der Waals surface area contributed by atoms with E-state index >= 15 is 0 Å². The van der Waals surface area contributed by atoms with Gasteiger partial charge in [0.15, 0.2) is 0 Å². The van der Waals surface area contributed by atoms with Crippen molar-refractivity contribution >= 4 is 17.4 Å². The summed E-state index contributed by atoms with van der Waals surface area (Å²) >= 11 is 1.76. The zero-order valence-corrected chi connectivity index (χ0v) is 13.3. The Morgan fingerprint density at radius 2 is 1.80 bits per heavy atom. The summed E-state index contributed by atoms with van der Waals surface area (Å²) in [6.07, 6.45) is 2.09. The van der Waals surface area contributed by atoms with E-state index in [-0.39, 0.29) is 6.04 Å². The van der Waals surface area contributed by atoms with Gasteiger partial charge in [0, 0.05) is 16.6 Å². The standard InChI is InChI=1S/C17H21NOS/c1-12-11-15(7-10-17(12)19-3)18-13(2)14-5-8-16(20-4)9-6-14/h5-11,13,18H,1-4H3. The molecule has 0 saturated heterocycles. The van der Waals surface area contributed by atoms with Gasteiger partial charge in [-0.3, -0.25) is 0 Å². The third kappa shape index (κ3) is 3.48. The molecule has 0 spiro atoms. The lowest BCUT2D eigenvalue weighted by molar-refractivity contribution is 0.412. The van der Waals surface area contributed by atoms with Crippen LogP contribution in [0.25, 0.3) is 0 Å². The zero-order valence-electron chi connectivity index (χ0n) is 12.4. The predicted octanol–water partition coefficient (Wildman–Crippen LogP) is 4.90. The van der Waals surface area contributed by atoms with E-state index in [1.54, 1.807) is 18.9 Å². The van der Waals surface area contributed by atoms with Gasteiger partial charge in [0.1, 0.15) is 5.75 Å². The van der Waals surface area contributed by atoms with Gasteiger partial charge in [0.05, 0.1) is 7.11 Å². The summed E-state index contributed by atoms with van der Waals surface area (Å²) in [6.45, 7) is 4.23. The van der Waals surface area contributed by atoms with E-state index in [9.17, 15) is 0 Å². The maximum absolute atomic E-state index is 5.29. The molecule has 2 rings (SSSR count). The normalized spacial score (nSPS) is 12.0. The van der Waals surface area contributed by atoms with Crippen molar-refractivity contribution in [2.24, 2.45) is 0 Å². The van der Waals surface area contributed by atoms with Gasteiger partial charge in [-0.2, -0.15) is 0 Å². The lowest BCUT2D eigenvalue weighted by Crippen LogP contribution is -2.06. The summed E-state index contributed by atoms with van der Waals surface area (Å²) in [4.78, 5) is 1.29. The van der Waals surface area contributed by atoms with Crippen molar-refractivity contribution in [2.45, 2.75) is 24.8 Å². The third-order valence-corrected chi connectivity index (χ3v) is 4.14. The zero-order chi connectivity index (χ0) is 14.5. The molecule has 0 radical (unpaired) electrons. The first-order valence-electron chi connectivity index (χ1n) is 6.69. The number of ether oxygens (including phenoxy) is 1. The molecule has 0 heterocycles. The van der Waals surface area contributed by atoms with Crippen LogP contribution in [0.5, 0.6) is 5.75 Å². The Morgan fingerprint density at radius 1 is 1.10 bits per heavy atom. The molecule has 0 bridgehead atoms. The van der Waals surface area contributed by atoms with Crippen LogP contribution >= 0.6 is 11.8 Å². The van der Waals surface area contributed by atoms with Gasteiger partial charge in [0.2, 0.25) is 0 Å². The maximum Gasteiger partial charge on any atom is 0.121 e. The first-order chi connectivity index (χ1) is 9.63. The lowest BCUT2D eigenvalue weighted by Gasteiger charge is -2.17. The Morgan fingerprint density at radius 3 is 2.35 bits per heavy atom. The molecule has 0 fully saturated rings. The average Bonchev–Trinajstić information content (AvgIpc) is 2.47. The van der Waals surface area contributed by atoms with Gasteiger partial charge >= 0.3 is 0 Å². The van der Waals surface area contributed by atoms with Crippen LogP contribution in [0.3, 0.4) is 0 Å². The van der Waals surface area contributed by atoms with Crippen molar-refractivity contribution in [1.82, 2.24) is 0 Å². The summed E-state index contributed by atoms with van der Waals surface area (Å²) in [7, 11) is 1.70. The summed E-state index contributed by atoms with van der Waals surface area (Å²) < 4.78 is 5.29. The number of nitrogens with one attached hydrogen (secondary N) is 1. The SMILES string of the molecule is COc1ccc(NC(C)c2ccc(SC)cc2)cc1C. The molecule has 0 aliphatic heterocycles. The van der Waals surface area contributed by atoms with Crippen molar-refractivity contribution < 1.29 is 4.74 Å². The number of methoxy groups -OCH3 is 1. The Bertz CT molecular complexity index is 566. The molecule has 3 heteroatoms. The van der Waals surface area contributed by atoms with Gasteiger partial charge < -0.3 is 10.1 Å². The van der Waals surface area contributed by atoms with E-state index in [1.165, 1.54) is 10.5 Å². The molecule has 2 aromatic rings. The highest BCUT2D eigenvalue weighted by atomic mass is 32.2. The molecule has 0 aliphatic carbocycles. The van der Waals surface area contributed by atoms with E-state index in [0.29, 0.717) is 0 Å². The summed E-state index contributed by atoms with van der Waals surface area (Å²) in [5.41, 5.74) is 3.54. The first-order valence-corrected chi connectivity index (χ1v) is 7.91. The second-order valence-corrected chi connectivity index (χ2v) is 5.70. The molecule has 1 N–H and O–H groups in total. The van der Waals surface area contributed by atoms with Gasteiger partial charge in [-0.1, -0.05) is 12.1 Å². The van der Waals surface area contributed by atoms with Crippen LogP contribution < -0.4 is 10.1 Å². The Hall–Kier alpha value is -1.61. The quantitative estimate of drug-likeness (QED) is 0.790. The number of thioether (sulfide) groups is 1. The van der Waals surface area contributed by atoms with Crippen LogP contribution in [0.15, 0.2) is 47.4 Å². The maximum atomic E-state index is 5.29. The Labute approximate surface area is 125 Å². The molecule has 0 aliphatic rings. The van der Waals surface area contributed by atoms with Crippen LogP contribution in [-0.4, -0.2) is 13.4 Å². The molecule has 0 aromatic heterocycles. The molecule has 0 amide bonds. The molecule has 20 heavy (non-hydrogen) atoms. The molecular weight excluding hydrogens is 266 g/mol. The highest BCUT2D eigenvalue weighted by Crippen LogP contribution is 2.25. The van der Waals surface area contributed by atoms with E-state index in [2.05, 4.69) is 61.8 Å². The fraction of sp³-hybridized carbons (Fsp3) is 0.294. The number of hydrogen-bond acceptors (Lipinski definition) is 3. The van der Waals surface area contributed by atoms with Gasteiger partial charge in [-0.05, 0) is 61.6 Å². The first kappa shape index (κ1) is 14.8. The molecule has 1 unspecified atom stereocenters. The van der Waals surface area contributed by atoms with Gasteiger partial charge in [-0.25, -0.2) is 0 Å². The van der Waals surface area contributed by atoms with Crippen LogP contribution in [-0.2, 0) is 0 Å². The molecule has 2 aromatic carbocycles. The fourth-order valence-electron chi connectivity index (χ4n) is 2.19. The number of anilines is 1. The minimum Gasteiger partial charge on any atom is -0.496 e. The highest BCUT2D eigenvalue weighted by molar-refractivity contribution is 7.98. The summed E-state index contributed by atoms with van der Waals surface area (Å²) in [5.74, 6) is 0.924. The molecule has 106 valence electrons. The fourth-order valence-corrected chi connectivity index (χ4v) is 2.60. The summed E-state index contributed by atoms with van der Waals surface area (Å²) in [5, 5.41) is 3.53. The second-order valence-electron chi connectivity index (χ2n) is 4.82. The van der Waals surface area contributed by atoms with E-state index in [4.69, 9.17) is 4.74 Å². The second kappa shape index (κ2) is 6.71. The molecule has 2 nitrogen and oxygen atoms in total. The number of benzene rings is 2. The van der Waals surface area contributed by atoms with Crippen LogP contribution in [0, 0.1) is 6.92 Å². The van der Waals surface area contributed by atoms with E-state index in [0.717, 1.165) is 17.0 Å². The molecular formula is C17H21NOS.